The molecule has 1 fully saturated rings. The number of carboxylic acids is 1. The van der Waals surface area contributed by atoms with E-state index in [-0.39, 0.29) is 12.3 Å². The topological polar surface area (TPSA) is 90.9 Å². The van der Waals surface area contributed by atoms with Crippen LogP contribution in [-0.4, -0.2) is 67.3 Å². The van der Waals surface area contributed by atoms with E-state index < -0.39 is 12.0 Å². The van der Waals surface area contributed by atoms with E-state index in [9.17, 15) is 14.7 Å². The minimum atomic E-state index is -1.04. The first kappa shape index (κ1) is 18.7. The van der Waals surface area contributed by atoms with Crippen LogP contribution in [0.15, 0.2) is 24.3 Å². The second-order valence-electron chi connectivity index (χ2n) is 5.56. The van der Waals surface area contributed by atoms with Crippen molar-refractivity contribution in [2.24, 2.45) is 0 Å². The summed E-state index contributed by atoms with van der Waals surface area (Å²) in [6.45, 7) is 4.32. The van der Waals surface area contributed by atoms with Crippen LogP contribution >= 0.6 is 11.6 Å². The molecular weight excluding hydrogens is 334 g/mol. The Labute approximate surface area is 145 Å². The van der Waals surface area contributed by atoms with Gasteiger partial charge in [-0.25, -0.2) is 0 Å². The Bertz CT molecular complexity index is 547. The fourth-order valence-corrected chi connectivity index (χ4v) is 2.53. The number of benzene rings is 1. The number of carboxylic acid groups (broad SMARTS) is 1. The molecule has 0 spiro atoms. The lowest BCUT2D eigenvalue weighted by molar-refractivity contribution is -0.141. The molecule has 1 aliphatic rings. The van der Waals surface area contributed by atoms with Crippen LogP contribution in [0.5, 0.6) is 0 Å². The van der Waals surface area contributed by atoms with Crippen molar-refractivity contribution in [3.63, 3.8) is 0 Å². The number of amides is 1. The van der Waals surface area contributed by atoms with Crippen LogP contribution in [0.25, 0.3) is 0 Å². The van der Waals surface area contributed by atoms with Crippen LogP contribution in [0.4, 0.5) is 5.69 Å². The van der Waals surface area contributed by atoms with Crippen LogP contribution in [0.1, 0.15) is 6.42 Å². The van der Waals surface area contributed by atoms with Gasteiger partial charge in [-0.05, 0) is 24.3 Å². The number of nitrogens with zero attached hydrogens (tertiary/aromatic N) is 1. The summed E-state index contributed by atoms with van der Waals surface area (Å²) in [7, 11) is 0. The average Bonchev–Trinajstić information content (AvgIpc) is 2.57. The van der Waals surface area contributed by atoms with E-state index in [0.29, 0.717) is 30.5 Å². The Kier molecular flexibility index (Phi) is 7.45. The lowest BCUT2D eigenvalue weighted by Gasteiger charge is -2.27. The highest BCUT2D eigenvalue weighted by Gasteiger charge is 2.21. The highest BCUT2D eigenvalue weighted by Crippen LogP contribution is 2.13. The summed E-state index contributed by atoms with van der Waals surface area (Å²) in [5.74, 6) is -1.40. The SMILES string of the molecule is O=C(C[C@H](NCCN1CCOCC1)C(=O)O)Nc1ccc(Cl)cc1. The summed E-state index contributed by atoms with van der Waals surface area (Å²) in [5.41, 5.74) is 0.585. The van der Waals surface area contributed by atoms with Gasteiger partial charge in [0, 0.05) is 36.9 Å². The molecule has 0 radical (unpaired) electrons. The maximum atomic E-state index is 12.0. The van der Waals surface area contributed by atoms with Gasteiger partial charge in [0.25, 0.3) is 0 Å². The smallest absolute Gasteiger partial charge is 0.321 e. The fourth-order valence-electron chi connectivity index (χ4n) is 2.40. The number of morpholine rings is 1. The molecule has 0 unspecified atom stereocenters. The summed E-state index contributed by atoms with van der Waals surface area (Å²) >= 11 is 5.78. The molecule has 0 aliphatic carbocycles. The molecule has 1 aliphatic heterocycles. The number of hydrogen-bond donors (Lipinski definition) is 3. The molecule has 1 aromatic rings. The van der Waals surface area contributed by atoms with E-state index in [0.717, 1.165) is 19.6 Å². The quantitative estimate of drug-likeness (QED) is 0.645. The van der Waals surface area contributed by atoms with E-state index >= 15 is 0 Å². The van der Waals surface area contributed by atoms with Gasteiger partial charge < -0.3 is 20.5 Å². The van der Waals surface area contributed by atoms with Crippen molar-refractivity contribution in [2.75, 3.05) is 44.7 Å². The second kappa shape index (κ2) is 9.58. The molecule has 0 bridgehead atoms. The molecule has 8 heteroatoms. The van der Waals surface area contributed by atoms with Crippen molar-refractivity contribution in [3.05, 3.63) is 29.3 Å². The van der Waals surface area contributed by atoms with Crippen LogP contribution in [-0.2, 0) is 14.3 Å². The van der Waals surface area contributed by atoms with Gasteiger partial charge in [0.05, 0.1) is 19.6 Å². The maximum Gasteiger partial charge on any atom is 0.321 e. The van der Waals surface area contributed by atoms with Gasteiger partial charge >= 0.3 is 5.97 Å². The van der Waals surface area contributed by atoms with Gasteiger partial charge in [-0.3, -0.25) is 14.5 Å². The summed E-state index contributed by atoms with van der Waals surface area (Å²) in [6, 6.07) is 5.74. The fraction of sp³-hybridized carbons (Fsp3) is 0.500. The number of rotatable bonds is 8. The molecule has 1 aromatic carbocycles. The Morgan fingerprint density at radius 3 is 2.54 bits per heavy atom. The molecule has 1 amide bonds. The minimum absolute atomic E-state index is 0.138. The van der Waals surface area contributed by atoms with Crippen LogP contribution in [0.3, 0.4) is 0 Å². The number of ether oxygens (including phenoxy) is 1. The number of carbonyl (C=O) groups is 2. The number of hydrogen-bond acceptors (Lipinski definition) is 5. The third kappa shape index (κ3) is 6.45. The molecule has 1 heterocycles. The van der Waals surface area contributed by atoms with Crippen molar-refractivity contribution < 1.29 is 19.4 Å². The van der Waals surface area contributed by atoms with Crippen molar-refractivity contribution in [2.45, 2.75) is 12.5 Å². The van der Waals surface area contributed by atoms with Crippen molar-refractivity contribution in [1.82, 2.24) is 10.2 Å². The molecule has 132 valence electrons. The first-order chi connectivity index (χ1) is 11.5. The van der Waals surface area contributed by atoms with Crippen molar-refractivity contribution >= 4 is 29.2 Å². The number of carbonyl (C=O) groups excluding carboxylic acids is 1. The highest BCUT2D eigenvalue weighted by molar-refractivity contribution is 6.30. The Balaban J connectivity index is 1.76. The summed E-state index contributed by atoms with van der Waals surface area (Å²) in [5, 5.41) is 15.4. The second-order valence-corrected chi connectivity index (χ2v) is 5.99. The standard InChI is InChI=1S/C16H22ClN3O4/c17-12-1-3-13(4-2-12)19-15(21)11-14(16(22)23)18-5-6-20-7-9-24-10-8-20/h1-4,14,18H,5-11H2,(H,19,21)(H,22,23)/t14-/m0/s1. The molecule has 2 rings (SSSR count). The monoisotopic (exact) mass is 355 g/mol. The molecular formula is C16H22ClN3O4. The molecule has 1 atom stereocenters. The zero-order valence-electron chi connectivity index (χ0n) is 13.3. The lowest BCUT2D eigenvalue weighted by Crippen LogP contribution is -2.45. The molecule has 0 aromatic heterocycles. The van der Waals surface area contributed by atoms with Crippen LogP contribution in [0, 0.1) is 0 Å². The zero-order chi connectivity index (χ0) is 17.4. The van der Waals surface area contributed by atoms with Crippen molar-refractivity contribution in [3.8, 4) is 0 Å². The van der Waals surface area contributed by atoms with Crippen LogP contribution < -0.4 is 10.6 Å². The number of halogens is 1. The van der Waals surface area contributed by atoms with E-state index in [1.165, 1.54) is 0 Å². The normalized spacial score (nSPS) is 16.5. The maximum absolute atomic E-state index is 12.0. The van der Waals surface area contributed by atoms with E-state index in [1.54, 1.807) is 24.3 Å². The Hall–Kier alpha value is -1.67. The lowest BCUT2D eigenvalue weighted by atomic mass is 10.2. The third-order valence-electron chi connectivity index (χ3n) is 3.74. The first-order valence-electron chi connectivity index (χ1n) is 7.86. The molecule has 7 nitrogen and oxygen atoms in total. The predicted octanol–water partition coefficient (Wildman–Crippen LogP) is 1.04. The predicted molar refractivity (Wildman–Crippen MR) is 91.4 cm³/mol. The Morgan fingerprint density at radius 1 is 1.25 bits per heavy atom. The van der Waals surface area contributed by atoms with E-state index in [1.807, 2.05) is 0 Å². The molecule has 24 heavy (non-hydrogen) atoms. The van der Waals surface area contributed by atoms with Gasteiger partial charge in [-0.2, -0.15) is 0 Å². The summed E-state index contributed by atoms with van der Waals surface area (Å²) in [4.78, 5) is 25.5. The van der Waals surface area contributed by atoms with Crippen molar-refractivity contribution in [1.29, 1.82) is 0 Å². The molecule has 3 N–H and O–H groups in total. The minimum Gasteiger partial charge on any atom is -0.480 e. The highest BCUT2D eigenvalue weighted by atomic mass is 35.5. The Morgan fingerprint density at radius 2 is 1.92 bits per heavy atom. The summed E-state index contributed by atoms with van der Waals surface area (Å²) in [6.07, 6.45) is -0.138. The van der Waals surface area contributed by atoms with Gasteiger partial charge in [0.1, 0.15) is 6.04 Å². The zero-order valence-corrected chi connectivity index (χ0v) is 14.1. The number of nitrogens with one attached hydrogen (secondary N) is 2. The summed E-state index contributed by atoms with van der Waals surface area (Å²) < 4.78 is 5.26. The number of aliphatic carboxylic acids is 1. The molecule has 0 saturated carbocycles. The number of anilines is 1. The van der Waals surface area contributed by atoms with Gasteiger partial charge in [0.15, 0.2) is 0 Å². The van der Waals surface area contributed by atoms with Crippen LogP contribution in [0.2, 0.25) is 5.02 Å². The van der Waals surface area contributed by atoms with E-state index in [2.05, 4.69) is 15.5 Å². The van der Waals surface area contributed by atoms with E-state index in [4.69, 9.17) is 16.3 Å². The first-order valence-corrected chi connectivity index (χ1v) is 8.24. The molecule has 1 saturated heterocycles. The average molecular weight is 356 g/mol. The third-order valence-corrected chi connectivity index (χ3v) is 3.99. The largest absolute Gasteiger partial charge is 0.480 e. The van der Waals surface area contributed by atoms with Gasteiger partial charge in [-0.15, -0.1) is 0 Å². The van der Waals surface area contributed by atoms with Gasteiger partial charge in [0.2, 0.25) is 5.91 Å². The van der Waals surface area contributed by atoms with Gasteiger partial charge in [-0.1, -0.05) is 11.6 Å².